The predicted molar refractivity (Wildman–Crippen MR) is 156 cm³/mol. The van der Waals surface area contributed by atoms with E-state index in [1.165, 1.54) is 12.3 Å². The van der Waals surface area contributed by atoms with Crippen molar-refractivity contribution in [2.75, 3.05) is 31.1 Å². The van der Waals surface area contributed by atoms with Crippen LogP contribution in [0.5, 0.6) is 0 Å². The summed E-state index contributed by atoms with van der Waals surface area (Å²) in [5.41, 5.74) is 2.72. The molecule has 1 saturated heterocycles. The summed E-state index contributed by atoms with van der Waals surface area (Å²) in [5, 5.41) is 4.08. The minimum absolute atomic E-state index is 0.0437. The zero-order valence-corrected chi connectivity index (χ0v) is 24.0. The van der Waals surface area contributed by atoms with Crippen molar-refractivity contribution in [2.24, 2.45) is 0 Å². The zero-order chi connectivity index (χ0) is 29.4. The van der Waals surface area contributed by atoms with E-state index in [1.807, 2.05) is 50.8 Å². The van der Waals surface area contributed by atoms with Gasteiger partial charge in [-0.3, -0.25) is 14.8 Å². The number of hydrogen-bond donors (Lipinski definition) is 1. The molecule has 10 heteroatoms. The molecule has 1 amide bonds. The van der Waals surface area contributed by atoms with E-state index in [0.717, 1.165) is 31.5 Å². The third-order valence-corrected chi connectivity index (χ3v) is 6.75. The molecule has 3 aromatic heterocycles. The van der Waals surface area contributed by atoms with Gasteiger partial charge in [0.25, 0.3) is 5.91 Å². The van der Waals surface area contributed by atoms with E-state index in [-0.39, 0.29) is 31.2 Å². The van der Waals surface area contributed by atoms with Crippen molar-refractivity contribution in [3.8, 4) is 11.3 Å². The van der Waals surface area contributed by atoms with Crippen molar-refractivity contribution < 1.29 is 18.3 Å². The van der Waals surface area contributed by atoms with Crippen molar-refractivity contribution in [3.05, 3.63) is 75.7 Å². The number of alkyl halides is 1. The average Bonchev–Trinajstić information content (AvgIpc) is 2.97. The number of nitrogens with one attached hydrogen (secondary N) is 1. The Bertz CT molecular complexity index is 1540. The highest BCUT2D eigenvalue weighted by atomic mass is 19.1. The number of nitrogens with zero attached hydrogens (tertiary/aromatic N) is 5. The molecule has 5 heterocycles. The molecule has 3 aromatic rings. The van der Waals surface area contributed by atoms with E-state index >= 15 is 4.39 Å². The van der Waals surface area contributed by atoms with Gasteiger partial charge in [-0.15, -0.1) is 0 Å². The Hall–Kier alpha value is -4.05. The molecule has 1 unspecified atom stereocenters. The van der Waals surface area contributed by atoms with Gasteiger partial charge in [0, 0.05) is 43.2 Å². The molecule has 0 saturated carbocycles. The maximum Gasteiger partial charge on any atom is 0.253 e. The highest BCUT2D eigenvalue weighted by Crippen LogP contribution is 2.28. The molecule has 41 heavy (non-hydrogen) atoms. The molecule has 1 fully saturated rings. The number of amides is 1. The number of halogens is 2. The second-order valence-corrected chi connectivity index (χ2v) is 9.41. The van der Waals surface area contributed by atoms with Crippen LogP contribution in [0.2, 0.25) is 0 Å². The number of ether oxygens (including phenoxy) is 1. The predicted octanol–water partition coefficient (Wildman–Crippen LogP) is 4.20. The first-order valence-electron chi connectivity index (χ1n) is 14.1. The molecule has 0 aromatic carbocycles. The largest absolute Gasteiger partial charge is 0.372 e. The third-order valence-electron chi connectivity index (χ3n) is 6.75. The maximum absolute atomic E-state index is 15.3. The number of hydrogen-bond acceptors (Lipinski definition) is 7. The lowest BCUT2D eigenvalue weighted by atomic mass is 10.0. The molecule has 0 radical (unpaired) electrons. The number of pyridine rings is 2. The molecule has 1 atom stereocenters. The van der Waals surface area contributed by atoms with Crippen LogP contribution in [-0.2, 0) is 11.3 Å². The minimum atomic E-state index is -1.31. The molecule has 0 spiro atoms. The Morgan fingerprint density at radius 2 is 2.00 bits per heavy atom. The van der Waals surface area contributed by atoms with Gasteiger partial charge in [-0.2, -0.15) is 0 Å². The third kappa shape index (κ3) is 6.82. The number of aromatic nitrogens is 4. The van der Waals surface area contributed by atoms with E-state index < -0.39 is 12.0 Å². The summed E-state index contributed by atoms with van der Waals surface area (Å²) in [5.74, 6) is -0.448. The Morgan fingerprint density at radius 3 is 2.71 bits per heavy atom. The summed E-state index contributed by atoms with van der Waals surface area (Å²) < 4.78 is 34.8. The summed E-state index contributed by atoms with van der Waals surface area (Å²) in [4.78, 5) is 32.4. The van der Waals surface area contributed by atoms with Gasteiger partial charge >= 0.3 is 0 Å². The number of rotatable bonds is 7. The smallest absolute Gasteiger partial charge is 0.253 e. The van der Waals surface area contributed by atoms with Crippen LogP contribution >= 0.6 is 0 Å². The maximum atomic E-state index is 15.3. The van der Waals surface area contributed by atoms with Gasteiger partial charge in [-0.05, 0) is 43.5 Å². The molecule has 5 rings (SSSR count). The topological polar surface area (TPSA) is 93.1 Å². The van der Waals surface area contributed by atoms with Gasteiger partial charge in [0.1, 0.15) is 0 Å². The van der Waals surface area contributed by atoms with E-state index in [0.29, 0.717) is 39.0 Å². The molecular weight excluding hydrogens is 526 g/mol. The van der Waals surface area contributed by atoms with Crippen molar-refractivity contribution in [3.63, 3.8) is 0 Å². The summed E-state index contributed by atoms with van der Waals surface area (Å²) in [6.45, 7) is 9.81. The van der Waals surface area contributed by atoms with Crippen LogP contribution in [0, 0.1) is 5.82 Å². The summed E-state index contributed by atoms with van der Waals surface area (Å²) in [6.07, 6.45) is 10.7. The van der Waals surface area contributed by atoms with Gasteiger partial charge in [0.15, 0.2) is 17.8 Å². The van der Waals surface area contributed by atoms with Crippen molar-refractivity contribution >= 4 is 23.9 Å². The van der Waals surface area contributed by atoms with Gasteiger partial charge in [-0.25, -0.2) is 18.7 Å². The van der Waals surface area contributed by atoms with E-state index in [2.05, 4.69) is 20.3 Å². The Balaban J connectivity index is 0.00000189. The summed E-state index contributed by atoms with van der Waals surface area (Å²) in [6, 6.07) is 3.14. The summed E-state index contributed by atoms with van der Waals surface area (Å²) in [7, 11) is 0. The van der Waals surface area contributed by atoms with Crippen molar-refractivity contribution in [1.29, 1.82) is 0 Å². The SMILES string of the molecule is C/C=c1/ncc(-c2ccnc(N3CCC3)c2F)n/c1=C/C(=C/CC)CNC(=O)c1cnc2c(c1)C(F)COC2.CC. The van der Waals surface area contributed by atoms with E-state index in [4.69, 9.17) is 9.72 Å². The van der Waals surface area contributed by atoms with Gasteiger partial charge in [0.2, 0.25) is 0 Å². The number of carbonyl (C=O) groups is 1. The lowest BCUT2D eigenvalue weighted by Gasteiger charge is -2.32. The first-order chi connectivity index (χ1) is 20.0. The minimum Gasteiger partial charge on any atom is -0.372 e. The molecule has 1 N–H and O–H groups in total. The second-order valence-electron chi connectivity index (χ2n) is 9.41. The molecule has 0 bridgehead atoms. The number of fused-ring (bicyclic) bond motifs is 1. The fraction of sp³-hybridized carbons (Fsp3) is 0.387. The molecule has 2 aliphatic rings. The molecular formula is C31H36F2N6O2. The van der Waals surface area contributed by atoms with Crippen LogP contribution in [0.25, 0.3) is 23.4 Å². The van der Waals surface area contributed by atoms with Crippen LogP contribution in [0.4, 0.5) is 14.6 Å². The molecule has 0 aliphatic carbocycles. The van der Waals surface area contributed by atoms with Crippen molar-refractivity contribution in [1.82, 2.24) is 25.3 Å². The number of allylic oxidation sites excluding steroid dienone is 1. The molecule has 2 aliphatic heterocycles. The van der Waals surface area contributed by atoms with Crippen LogP contribution in [0.1, 0.15) is 68.3 Å². The number of anilines is 1. The first-order valence-corrected chi connectivity index (χ1v) is 14.1. The Kier molecular flexibility index (Phi) is 10.2. The lowest BCUT2D eigenvalue weighted by Crippen LogP contribution is -2.38. The Labute approximate surface area is 238 Å². The Morgan fingerprint density at radius 1 is 1.20 bits per heavy atom. The van der Waals surface area contributed by atoms with Gasteiger partial charge in [0.05, 0.1) is 47.1 Å². The quantitative estimate of drug-likeness (QED) is 0.462. The molecule has 216 valence electrons. The van der Waals surface area contributed by atoms with Crippen LogP contribution < -0.4 is 20.9 Å². The van der Waals surface area contributed by atoms with Gasteiger partial charge < -0.3 is 15.0 Å². The van der Waals surface area contributed by atoms with Crippen LogP contribution in [0.15, 0.2) is 42.4 Å². The summed E-state index contributed by atoms with van der Waals surface area (Å²) >= 11 is 0. The van der Waals surface area contributed by atoms with E-state index in [1.54, 1.807) is 18.5 Å². The lowest BCUT2D eigenvalue weighted by molar-refractivity contribution is 0.0484. The monoisotopic (exact) mass is 562 g/mol. The highest BCUT2D eigenvalue weighted by Gasteiger charge is 2.24. The first kappa shape index (κ1) is 29.9. The second kappa shape index (κ2) is 14.0. The van der Waals surface area contributed by atoms with Crippen LogP contribution in [-0.4, -0.2) is 52.1 Å². The normalized spacial score (nSPS) is 17.4. The van der Waals surface area contributed by atoms with Gasteiger partial charge in [-0.1, -0.05) is 32.9 Å². The standard InChI is InChI=1S/C29H30F2N6O2.C2H6/c1-3-6-18(13-35-29(38)19-12-21-22(30)16-39-17-26(21)33-14-19)11-24-23(4-2)34-15-25(36-24)20-7-8-32-28(27(20)31)37-9-5-10-37;1-2/h4,6-8,11-12,14-15,22H,3,5,9-10,13,16-17H2,1-2H3,(H,35,38);1-2H3/b18-6-,23-4+,24-11+;. The zero-order valence-electron chi connectivity index (χ0n) is 24.0. The number of carbonyl (C=O) groups excluding carboxylic acids is 1. The van der Waals surface area contributed by atoms with Crippen molar-refractivity contribution in [2.45, 2.75) is 53.3 Å². The average molecular weight is 563 g/mol. The molecule has 8 nitrogen and oxygen atoms in total. The van der Waals surface area contributed by atoms with E-state index in [9.17, 15) is 9.18 Å². The fourth-order valence-corrected chi connectivity index (χ4v) is 4.53. The fourth-order valence-electron chi connectivity index (χ4n) is 4.53. The highest BCUT2D eigenvalue weighted by molar-refractivity contribution is 5.94. The van der Waals surface area contributed by atoms with Crippen LogP contribution in [0.3, 0.4) is 0 Å².